The van der Waals surface area contributed by atoms with E-state index < -0.39 is 5.91 Å². The third-order valence-electron chi connectivity index (χ3n) is 6.74. The lowest BCUT2D eigenvalue weighted by atomic mass is 9.88. The summed E-state index contributed by atoms with van der Waals surface area (Å²) in [4.78, 5) is 33.4. The number of carbonyl (C=O) groups is 1. The van der Waals surface area contributed by atoms with E-state index in [0.29, 0.717) is 28.1 Å². The van der Waals surface area contributed by atoms with Gasteiger partial charge >= 0.3 is 0 Å². The first-order valence-corrected chi connectivity index (χ1v) is 11.5. The van der Waals surface area contributed by atoms with E-state index in [0.717, 1.165) is 24.3 Å². The number of hydrogen-bond donors (Lipinski definition) is 3. The Hall–Kier alpha value is -3.56. The van der Waals surface area contributed by atoms with Crippen molar-refractivity contribution in [1.29, 1.82) is 0 Å². The Morgan fingerprint density at radius 2 is 1.85 bits per heavy atom. The molecule has 1 saturated carbocycles. The quantitative estimate of drug-likeness (QED) is 0.465. The van der Waals surface area contributed by atoms with Crippen LogP contribution in [0.2, 0.25) is 0 Å². The van der Waals surface area contributed by atoms with Gasteiger partial charge in [0.1, 0.15) is 12.2 Å². The molecule has 1 amide bonds. The number of nitrogens with one attached hydrogen (secondary N) is 2. The van der Waals surface area contributed by atoms with Crippen LogP contribution in [0.3, 0.4) is 0 Å². The normalized spacial score (nSPS) is 18.4. The van der Waals surface area contributed by atoms with Crippen LogP contribution in [-0.4, -0.2) is 53.7 Å². The molecule has 9 nitrogen and oxygen atoms in total. The summed E-state index contributed by atoms with van der Waals surface area (Å²) in [7, 11) is 6.26. The number of aromatic nitrogens is 3. The number of quaternary nitrogens is 1. The van der Waals surface area contributed by atoms with Gasteiger partial charge in [0.05, 0.1) is 20.1 Å². The second kappa shape index (κ2) is 9.74. The van der Waals surface area contributed by atoms with Crippen molar-refractivity contribution in [1.82, 2.24) is 24.3 Å². The topological polar surface area (TPSA) is 115 Å². The van der Waals surface area contributed by atoms with Crippen LogP contribution in [-0.2, 0) is 0 Å². The monoisotopic (exact) mass is 462 g/mol. The Morgan fingerprint density at radius 1 is 1.12 bits per heavy atom. The van der Waals surface area contributed by atoms with Crippen LogP contribution in [0.4, 0.5) is 17.3 Å². The zero-order valence-electron chi connectivity index (χ0n) is 19.9. The van der Waals surface area contributed by atoms with Gasteiger partial charge in [-0.1, -0.05) is 12.5 Å². The summed E-state index contributed by atoms with van der Waals surface area (Å²) >= 11 is 0. The fourth-order valence-corrected chi connectivity index (χ4v) is 4.80. The molecule has 2 aromatic heterocycles. The van der Waals surface area contributed by atoms with Crippen LogP contribution in [0.15, 0.2) is 59.7 Å². The standard InChI is InChI=1S/C25H31N7O2/c1-27-19-8-4-5-9-20(19)32(2,3)21-16-28-23(24(26)34)25(30-21)29-17-11-13-18(14-12-17)31-15-7-6-10-22(31)33/h6-7,10-16,19-20,27H,4-5,8-9H2,1-3H3,(H2-,26,29,30,34)/p+1. The number of nitrogens with two attached hydrogens (primary N) is 1. The SMILES string of the molecule is CNC1CCCCC1[N+](C)(C)c1cnc(C(N)=O)c(Nc2ccc(-n3ccccc3=O)cc2)n1. The summed E-state index contributed by atoms with van der Waals surface area (Å²) in [6.07, 6.45) is 7.97. The van der Waals surface area contributed by atoms with E-state index in [4.69, 9.17) is 10.7 Å². The highest BCUT2D eigenvalue weighted by Gasteiger charge is 2.40. The maximum Gasteiger partial charge on any atom is 0.271 e. The average molecular weight is 463 g/mol. The average Bonchev–Trinajstić information content (AvgIpc) is 2.84. The molecule has 2 unspecified atom stereocenters. The van der Waals surface area contributed by atoms with Crippen LogP contribution >= 0.6 is 0 Å². The van der Waals surface area contributed by atoms with Crippen molar-refractivity contribution in [3.8, 4) is 5.69 Å². The van der Waals surface area contributed by atoms with Gasteiger partial charge in [0, 0.05) is 30.1 Å². The Kier molecular flexibility index (Phi) is 6.76. The highest BCUT2D eigenvalue weighted by molar-refractivity contribution is 5.96. The molecule has 34 heavy (non-hydrogen) atoms. The van der Waals surface area contributed by atoms with E-state index in [-0.39, 0.29) is 11.3 Å². The molecule has 0 spiro atoms. The summed E-state index contributed by atoms with van der Waals surface area (Å²) in [6.45, 7) is 0. The number of primary amides is 1. The maximum atomic E-state index is 12.1. The molecular formula is C25H32N7O2+. The number of likely N-dealkylation sites (N-methyl/N-ethyl adjacent to an activating group) is 2. The van der Waals surface area contributed by atoms with E-state index in [1.54, 1.807) is 29.1 Å². The van der Waals surface area contributed by atoms with Crippen LogP contribution in [0.5, 0.6) is 0 Å². The molecule has 0 bridgehead atoms. The molecule has 2 atom stereocenters. The van der Waals surface area contributed by atoms with Gasteiger partial charge in [-0.25, -0.2) is 4.98 Å². The summed E-state index contributed by atoms with van der Waals surface area (Å²) < 4.78 is 2.10. The predicted octanol–water partition coefficient (Wildman–Crippen LogP) is 2.57. The van der Waals surface area contributed by atoms with Crippen LogP contribution < -0.4 is 26.4 Å². The summed E-state index contributed by atoms with van der Waals surface area (Å²) in [6, 6.07) is 13.0. The fourth-order valence-electron chi connectivity index (χ4n) is 4.80. The molecule has 0 saturated heterocycles. The lowest BCUT2D eigenvalue weighted by Crippen LogP contribution is -2.60. The molecule has 4 N–H and O–H groups in total. The van der Waals surface area contributed by atoms with E-state index in [1.807, 2.05) is 31.3 Å². The van der Waals surface area contributed by atoms with Gasteiger partial charge in [-0.3, -0.25) is 18.6 Å². The van der Waals surface area contributed by atoms with Crippen LogP contribution in [0.25, 0.3) is 5.69 Å². The third kappa shape index (κ3) is 4.71. The minimum atomic E-state index is -0.648. The van der Waals surface area contributed by atoms with E-state index in [9.17, 15) is 9.59 Å². The Bertz CT molecular complexity index is 1220. The number of pyridine rings is 1. The van der Waals surface area contributed by atoms with Crippen molar-refractivity contribution in [3.05, 3.63) is 70.9 Å². The number of rotatable bonds is 7. The predicted molar refractivity (Wildman–Crippen MR) is 135 cm³/mol. The van der Waals surface area contributed by atoms with Gasteiger partial charge in [0.2, 0.25) is 5.82 Å². The van der Waals surface area contributed by atoms with Crippen molar-refractivity contribution in [3.63, 3.8) is 0 Å². The summed E-state index contributed by atoms with van der Waals surface area (Å²) in [5.74, 6) is 0.426. The zero-order valence-corrected chi connectivity index (χ0v) is 19.9. The maximum absolute atomic E-state index is 12.1. The summed E-state index contributed by atoms with van der Waals surface area (Å²) in [5, 5.41) is 6.66. The molecule has 1 aliphatic carbocycles. The first-order chi connectivity index (χ1) is 16.3. The molecule has 3 aromatic rings. The van der Waals surface area contributed by atoms with Crippen LogP contribution in [0, 0.1) is 0 Å². The number of carbonyl (C=O) groups excluding carboxylic acids is 1. The van der Waals surface area contributed by atoms with Crippen molar-refractivity contribution in [2.45, 2.75) is 37.8 Å². The molecule has 0 aliphatic heterocycles. The minimum Gasteiger partial charge on any atom is -0.364 e. The Balaban J connectivity index is 1.65. The highest BCUT2D eigenvalue weighted by atomic mass is 16.1. The molecular weight excluding hydrogens is 430 g/mol. The number of benzene rings is 1. The summed E-state index contributed by atoms with van der Waals surface area (Å²) in [5.41, 5.74) is 7.01. The number of hydrogen-bond acceptors (Lipinski definition) is 6. The van der Waals surface area contributed by atoms with E-state index in [2.05, 4.69) is 29.7 Å². The van der Waals surface area contributed by atoms with Gasteiger partial charge in [0.15, 0.2) is 11.5 Å². The van der Waals surface area contributed by atoms with Crippen molar-refractivity contribution < 1.29 is 4.79 Å². The molecule has 1 aliphatic rings. The first-order valence-electron chi connectivity index (χ1n) is 11.5. The third-order valence-corrected chi connectivity index (χ3v) is 6.74. The second-order valence-electron chi connectivity index (χ2n) is 9.16. The molecule has 1 aromatic carbocycles. The van der Waals surface area contributed by atoms with Crippen LogP contribution in [0.1, 0.15) is 36.2 Å². The number of anilines is 2. The first kappa shape index (κ1) is 23.6. The smallest absolute Gasteiger partial charge is 0.271 e. The molecule has 1 fully saturated rings. The Morgan fingerprint density at radius 3 is 2.53 bits per heavy atom. The lowest BCUT2D eigenvalue weighted by molar-refractivity contribution is 0.0996. The Labute approximate surface area is 199 Å². The van der Waals surface area contributed by atoms with Crippen molar-refractivity contribution in [2.24, 2.45) is 5.73 Å². The largest absolute Gasteiger partial charge is 0.364 e. The molecule has 178 valence electrons. The minimum absolute atomic E-state index is 0.0842. The van der Waals surface area contributed by atoms with Gasteiger partial charge < -0.3 is 16.4 Å². The second-order valence-corrected chi connectivity index (χ2v) is 9.16. The van der Waals surface area contributed by atoms with Gasteiger partial charge in [-0.15, -0.1) is 0 Å². The van der Waals surface area contributed by atoms with Gasteiger partial charge in [-0.2, -0.15) is 4.98 Å². The van der Waals surface area contributed by atoms with Crippen molar-refractivity contribution in [2.75, 3.05) is 26.5 Å². The van der Waals surface area contributed by atoms with E-state index >= 15 is 0 Å². The van der Waals surface area contributed by atoms with E-state index in [1.165, 1.54) is 18.9 Å². The molecule has 0 radical (unpaired) electrons. The molecule has 9 heteroatoms. The highest BCUT2D eigenvalue weighted by Crippen LogP contribution is 2.31. The fraction of sp³-hybridized carbons (Fsp3) is 0.360. The van der Waals surface area contributed by atoms with Crippen molar-refractivity contribution >= 4 is 23.2 Å². The van der Waals surface area contributed by atoms with Gasteiger partial charge in [0.25, 0.3) is 11.5 Å². The zero-order chi connectivity index (χ0) is 24.3. The van der Waals surface area contributed by atoms with Gasteiger partial charge in [-0.05, 0) is 50.2 Å². The lowest BCUT2D eigenvalue weighted by Gasteiger charge is -2.43. The molecule has 2 heterocycles. The number of nitrogens with zero attached hydrogens (tertiary/aromatic N) is 4. The molecule has 4 rings (SSSR count). The number of amides is 1.